The second kappa shape index (κ2) is 7.06. The molecular weight excluding hydrogens is 315 g/mol. The van der Waals surface area contributed by atoms with Crippen LogP contribution in [-0.2, 0) is 0 Å². The van der Waals surface area contributed by atoms with Crippen molar-refractivity contribution in [3.63, 3.8) is 0 Å². The predicted octanol–water partition coefficient (Wildman–Crippen LogP) is 2.43. The molecule has 2 aromatic rings. The summed E-state index contributed by atoms with van der Waals surface area (Å²) >= 11 is 1.23. The quantitative estimate of drug-likeness (QED) is 0.881. The molecule has 1 aliphatic rings. The van der Waals surface area contributed by atoms with Gasteiger partial charge in [0.05, 0.1) is 6.04 Å². The molecule has 1 aliphatic heterocycles. The van der Waals surface area contributed by atoms with Crippen molar-refractivity contribution in [2.24, 2.45) is 0 Å². The first-order valence-electron chi connectivity index (χ1n) is 7.63. The predicted molar refractivity (Wildman–Crippen MR) is 88.8 cm³/mol. The topological polar surface area (TPSA) is 71.2 Å². The van der Waals surface area contributed by atoms with E-state index in [2.05, 4.69) is 15.2 Å². The molecule has 7 heteroatoms. The fourth-order valence-electron chi connectivity index (χ4n) is 2.91. The van der Waals surface area contributed by atoms with Crippen molar-refractivity contribution in [2.75, 3.05) is 25.4 Å². The molecule has 0 bridgehead atoms. The summed E-state index contributed by atoms with van der Waals surface area (Å²) in [6.07, 6.45) is 2.20. The number of nitrogens with zero attached hydrogens (tertiary/aromatic N) is 2. The van der Waals surface area contributed by atoms with E-state index in [1.807, 2.05) is 6.07 Å². The maximum absolute atomic E-state index is 14.2. The summed E-state index contributed by atoms with van der Waals surface area (Å²) < 4.78 is 14.2. The van der Waals surface area contributed by atoms with Crippen LogP contribution in [0, 0.1) is 5.82 Å². The molecule has 1 aromatic carbocycles. The Morgan fingerprint density at radius 3 is 2.78 bits per heavy atom. The highest BCUT2D eigenvalue weighted by molar-refractivity contribution is 7.13. The number of nitrogens with one attached hydrogen (secondary N) is 1. The average molecular weight is 334 g/mol. The number of thiazole rings is 1. The van der Waals surface area contributed by atoms with Crippen molar-refractivity contribution >= 4 is 22.4 Å². The molecule has 0 radical (unpaired) electrons. The maximum atomic E-state index is 14.2. The maximum Gasteiger partial charge on any atom is 0.270 e. The van der Waals surface area contributed by atoms with Crippen LogP contribution in [-0.4, -0.2) is 35.4 Å². The van der Waals surface area contributed by atoms with Crippen LogP contribution >= 0.6 is 11.3 Å². The molecule has 3 N–H and O–H groups in total. The first-order chi connectivity index (χ1) is 11.1. The van der Waals surface area contributed by atoms with Gasteiger partial charge in [0.2, 0.25) is 0 Å². The number of aromatic nitrogens is 1. The SMILES string of the molecule is Nc1nc(C(=O)NCC(c2ccccc2F)N2CCCC2)cs1. The van der Waals surface area contributed by atoms with Crippen LogP contribution in [0.2, 0.25) is 0 Å². The third-order valence-corrected chi connectivity index (χ3v) is 4.73. The van der Waals surface area contributed by atoms with Gasteiger partial charge in [0.1, 0.15) is 11.5 Å². The number of carbonyl (C=O) groups is 1. The molecule has 0 spiro atoms. The van der Waals surface area contributed by atoms with Crippen LogP contribution in [0.4, 0.5) is 9.52 Å². The minimum Gasteiger partial charge on any atom is -0.375 e. The number of nitrogen functional groups attached to an aromatic ring is 1. The molecule has 1 aromatic heterocycles. The molecule has 2 heterocycles. The Morgan fingerprint density at radius 2 is 2.13 bits per heavy atom. The van der Waals surface area contributed by atoms with Crippen molar-refractivity contribution in [1.82, 2.24) is 15.2 Å². The molecule has 23 heavy (non-hydrogen) atoms. The van der Waals surface area contributed by atoms with Gasteiger partial charge in [-0.05, 0) is 32.0 Å². The minimum atomic E-state index is -0.279. The Labute approximate surface area is 138 Å². The Balaban J connectivity index is 1.74. The molecule has 122 valence electrons. The van der Waals surface area contributed by atoms with Gasteiger partial charge in [0.25, 0.3) is 5.91 Å². The zero-order chi connectivity index (χ0) is 16.2. The third kappa shape index (κ3) is 3.68. The van der Waals surface area contributed by atoms with E-state index >= 15 is 0 Å². The highest BCUT2D eigenvalue weighted by Gasteiger charge is 2.26. The molecule has 1 amide bonds. The van der Waals surface area contributed by atoms with E-state index in [0.29, 0.717) is 22.9 Å². The largest absolute Gasteiger partial charge is 0.375 e. The zero-order valence-electron chi connectivity index (χ0n) is 12.7. The van der Waals surface area contributed by atoms with Crippen molar-refractivity contribution < 1.29 is 9.18 Å². The second-order valence-electron chi connectivity index (χ2n) is 5.56. The van der Waals surface area contributed by atoms with Crippen molar-refractivity contribution in [3.05, 3.63) is 46.7 Å². The summed E-state index contributed by atoms with van der Waals surface area (Å²) in [6.45, 7) is 2.17. The van der Waals surface area contributed by atoms with Crippen LogP contribution in [0.1, 0.15) is 34.9 Å². The number of benzene rings is 1. The van der Waals surface area contributed by atoms with E-state index in [1.165, 1.54) is 17.4 Å². The van der Waals surface area contributed by atoms with E-state index < -0.39 is 0 Å². The lowest BCUT2D eigenvalue weighted by atomic mass is 10.0. The van der Waals surface area contributed by atoms with Gasteiger partial charge < -0.3 is 11.1 Å². The highest BCUT2D eigenvalue weighted by Crippen LogP contribution is 2.26. The smallest absolute Gasteiger partial charge is 0.270 e. The molecular formula is C16H19FN4OS. The summed E-state index contributed by atoms with van der Waals surface area (Å²) in [6, 6.07) is 6.58. The number of hydrogen-bond donors (Lipinski definition) is 2. The zero-order valence-corrected chi connectivity index (χ0v) is 13.5. The van der Waals surface area contributed by atoms with Gasteiger partial charge in [-0.2, -0.15) is 0 Å². The van der Waals surface area contributed by atoms with Gasteiger partial charge in [0.15, 0.2) is 5.13 Å². The second-order valence-corrected chi connectivity index (χ2v) is 6.45. The van der Waals surface area contributed by atoms with E-state index in [0.717, 1.165) is 25.9 Å². The summed E-state index contributed by atoms with van der Waals surface area (Å²) in [5, 5.41) is 4.84. The first-order valence-corrected chi connectivity index (χ1v) is 8.51. The number of hydrogen-bond acceptors (Lipinski definition) is 5. The molecule has 5 nitrogen and oxygen atoms in total. The lowest BCUT2D eigenvalue weighted by Crippen LogP contribution is -2.37. The van der Waals surface area contributed by atoms with Crippen LogP contribution in [0.3, 0.4) is 0 Å². The van der Waals surface area contributed by atoms with Crippen LogP contribution in [0.25, 0.3) is 0 Å². The standard InChI is InChI=1S/C16H19FN4OS/c17-12-6-2-1-5-11(12)14(21-7-3-4-8-21)9-19-15(22)13-10-23-16(18)20-13/h1-2,5-6,10,14H,3-4,7-9H2,(H2,18,20)(H,19,22). The highest BCUT2D eigenvalue weighted by atomic mass is 32.1. The lowest BCUT2D eigenvalue weighted by molar-refractivity contribution is 0.0933. The number of nitrogens with two attached hydrogens (primary N) is 1. The third-order valence-electron chi connectivity index (χ3n) is 4.06. The van der Waals surface area contributed by atoms with Crippen LogP contribution in [0.15, 0.2) is 29.6 Å². The summed E-state index contributed by atoms with van der Waals surface area (Å²) in [5.74, 6) is -0.518. The van der Waals surface area contributed by atoms with E-state index in [9.17, 15) is 9.18 Å². The Bertz CT molecular complexity index is 684. The van der Waals surface area contributed by atoms with Gasteiger partial charge in [-0.25, -0.2) is 9.37 Å². The van der Waals surface area contributed by atoms with E-state index in [1.54, 1.807) is 17.5 Å². The first kappa shape index (κ1) is 15.9. The van der Waals surface area contributed by atoms with E-state index in [-0.39, 0.29) is 17.8 Å². The lowest BCUT2D eigenvalue weighted by Gasteiger charge is -2.28. The van der Waals surface area contributed by atoms with Crippen LogP contribution in [0.5, 0.6) is 0 Å². The van der Waals surface area contributed by atoms with Crippen molar-refractivity contribution in [1.29, 1.82) is 0 Å². The van der Waals surface area contributed by atoms with Gasteiger partial charge in [-0.15, -0.1) is 11.3 Å². The number of halogens is 1. The Morgan fingerprint density at radius 1 is 1.39 bits per heavy atom. The molecule has 0 aliphatic carbocycles. The Kier molecular flexibility index (Phi) is 4.88. The molecule has 0 saturated carbocycles. The molecule has 1 atom stereocenters. The van der Waals surface area contributed by atoms with Gasteiger partial charge in [-0.1, -0.05) is 18.2 Å². The van der Waals surface area contributed by atoms with Gasteiger partial charge in [0, 0.05) is 17.5 Å². The molecule has 1 saturated heterocycles. The minimum absolute atomic E-state index is 0.168. The monoisotopic (exact) mass is 334 g/mol. The number of amides is 1. The number of likely N-dealkylation sites (tertiary alicyclic amines) is 1. The van der Waals surface area contributed by atoms with Crippen molar-refractivity contribution in [3.8, 4) is 0 Å². The summed E-state index contributed by atoms with van der Waals surface area (Å²) in [4.78, 5) is 18.3. The van der Waals surface area contributed by atoms with Crippen LogP contribution < -0.4 is 11.1 Å². The molecule has 1 unspecified atom stereocenters. The van der Waals surface area contributed by atoms with Gasteiger partial charge >= 0.3 is 0 Å². The molecule has 1 fully saturated rings. The Hall–Kier alpha value is -1.99. The van der Waals surface area contributed by atoms with Gasteiger partial charge in [-0.3, -0.25) is 9.69 Å². The van der Waals surface area contributed by atoms with Crippen molar-refractivity contribution in [2.45, 2.75) is 18.9 Å². The fraction of sp³-hybridized carbons (Fsp3) is 0.375. The fourth-order valence-corrected chi connectivity index (χ4v) is 3.45. The molecule has 3 rings (SSSR count). The number of carbonyl (C=O) groups excluding carboxylic acids is 1. The number of anilines is 1. The summed E-state index contributed by atoms with van der Waals surface area (Å²) in [7, 11) is 0. The summed E-state index contributed by atoms with van der Waals surface area (Å²) in [5.41, 5.74) is 6.48. The van der Waals surface area contributed by atoms with E-state index in [4.69, 9.17) is 5.73 Å². The normalized spacial score (nSPS) is 16.4. The average Bonchev–Trinajstić information content (AvgIpc) is 3.21. The number of rotatable bonds is 5.